The van der Waals surface area contributed by atoms with Gasteiger partial charge in [-0.2, -0.15) is 0 Å². The van der Waals surface area contributed by atoms with Crippen molar-refractivity contribution in [1.82, 2.24) is 9.80 Å². The number of aliphatic hydroxyl groups is 1. The van der Waals surface area contributed by atoms with Crippen molar-refractivity contribution in [3.8, 4) is 5.75 Å². The molecular formula is C18H30N2O3. The number of piperazine rings is 1. The molecule has 0 radical (unpaired) electrons. The Bertz CT molecular complexity index is 461. The second-order valence-electron chi connectivity index (χ2n) is 6.10. The highest BCUT2D eigenvalue weighted by atomic mass is 16.5. The molecule has 0 amide bonds. The minimum atomic E-state index is -0.391. The fraction of sp³-hybridized carbons (Fsp3) is 0.667. The Hall–Kier alpha value is -1.14. The molecule has 1 N–H and O–H groups in total. The first-order chi connectivity index (χ1) is 11.1. The van der Waals surface area contributed by atoms with Crippen LogP contribution in [0.4, 0.5) is 0 Å². The molecule has 1 aliphatic rings. The van der Waals surface area contributed by atoms with Crippen molar-refractivity contribution in [2.24, 2.45) is 0 Å². The normalized spacial score (nSPS) is 19.5. The second-order valence-corrected chi connectivity index (χ2v) is 6.10. The molecule has 0 spiro atoms. The minimum Gasteiger partial charge on any atom is -0.497 e. The number of β-amino-alcohol motifs (C(OH)–C–C–N with tert-alkyl or cyclic N) is 1. The Kier molecular flexibility index (Phi) is 7.30. The van der Waals surface area contributed by atoms with E-state index in [1.54, 1.807) is 7.11 Å². The Morgan fingerprint density at radius 1 is 1.22 bits per heavy atom. The predicted molar refractivity (Wildman–Crippen MR) is 91.9 cm³/mol. The fourth-order valence-electron chi connectivity index (χ4n) is 3.05. The summed E-state index contributed by atoms with van der Waals surface area (Å²) in [6, 6.07) is 8.67. The molecule has 5 heteroatoms. The first kappa shape index (κ1) is 18.2. The second kappa shape index (κ2) is 9.23. The van der Waals surface area contributed by atoms with E-state index < -0.39 is 6.10 Å². The van der Waals surface area contributed by atoms with E-state index in [4.69, 9.17) is 9.47 Å². The molecular weight excluding hydrogens is 292 g/mol. The van der Waals surface area contributed by atoms with Crippen LogP contribution in [-0.4, -0.2) is 74.1 Å². The molecule has 0 saturated carbocycles. The summed E-state index contributed by atoms with van der Waals surface area (Å²) in [5.74, 6) is 0.909. The highest BCUT2D eigenvalue weighted by Crippen LogP contribution is 2.24. The molecule has 0 aliphatic carbocycles. The maximum absolute atomic E-state index is 9.95. The van der Waals surface area contributed by atoms with E-state index in [1.165, 1.54) is 5.56 Å². The van der Waals surface area contributed by atoms with Crippen molar-refractivity contribution >= 4 is 0 Å². The quantitative estimate of drug-likeness (QED) is 0.790. The van der Waals surface area contributed by atoms with Crippen LogP contribution in [0.25, 0.3) is 0 Å². The van der Waals surface area contributed by atoms with Gasteiger partial charge in [0, 0.05) is 45.4 Å². The van der Waals surface area contributed by atoms with Gasteiger partial charge in [-0.15, -0.1) is 0 Å². The standard InChI is InChI=1S/C18H30N2O3/c1-4-23-14-17(21)13-19-8-10-20(11-9-19)15(2)16-6-5-7-18(12-16)22-3/h5-7,12,15,17,21H,4,8-11,13-14H2,1-3H3/t15-,17-/m0/s1. The SMILES string of the molecule is CCOC[C@@H](O)CN1CCN([C@@H](C)c2cccc(OC)c2)CC1. The van der Waals surface area contributed by atoms with Crippen LogP contribution in [0.3, 0.4) is 0 Å². The number of aliphatic hydroxyl groups excluding tert-OH is 1. The van der Waals surface area contributed by atoms with Gasteiger partial charge in [-0.05, 0) is 31.5 Å². The maximum Gasteiger partial charge on any atom is 0.119 e. The average molecular weight is 322 g/mol. The summed E-state index contributed by atoms with van der Waals surface area (Å²) < 4.78 is 10.6. The van der Waals surface area contributed by atoms with Crippen molar-refractivity contribution in [1.29, 1.82) is 0 Å². The van der Waals surface area contributed by atoms with Gasteiger partial charge in [0.2, 0.25) is 0 Å². The smallest absolute Gasteiger partial charge is 0.119 e. The summed E-state index contributed by atoms with van der Waals surface area (Å²) in [7, 11) is 1.70. The lowest BCUT2D eigenvalue weighted by Gasteiger charge is -2.38. The van der Waals surface area contributed by atoms with Gasteiger partial charge in [0.25, 0.3) is 0 Å². The summed E-state index contributed by atoms with van der Waals surface area (Å²) in [5.41, 5.74) is 1.29. The minimum absolute atomic E-state index is 0.376. The van der Waals surface area contributed by atoms with Gasteiger partial charge < -0.3 is 14.6 Å². The zero-order chi connectivity index (χ0) is 16.7. The molecule has 2 atom stereocenters. The molecule has 0 bridgehead atoms. The van der Waals surface area contributed by atoms with Crippen molar-refractivity contribution in [2.45, 2.75) is 26.0 Å². The van der Waals surface area contributed by atoms with Crippen LogP contribution in [0.2, 0.25) is 0 Å². The third-order valence-electron chi connectivity index (χ3n) is 4.51. The van der Waals surface area contributed by atoms with E-state index in [9.17, 15) is 5.11 Å². The number of ether oxygens (including phenoxy) is 2. The lowest BCUT2D eigenvalue weighted by Crippen LogP contribution is -2.49. The number of hydrogen-bond acceptors (Lipinski definition) is 5. The lowest BCUT2D eigenvalue weighted by atomic mass is 10.1. The molecule has 23 heavy (non-hydrogen) atoms. The third-order valence-corrected chi connectivity index (χ3v) is 4.51. The molecule has 1 aromatic rings. The number of benzene rings is 1. The molecule has 130 valence electrons. The zero-order valence-electron chi connectivity index (χ0n) is 14.6. The largest absolute Gasteiger partial charge is 0.497 e. The Labute approximate surface area is 139 Å². The first-order valence-corrected chi connectivity index (χ1v) is 8.50. The molecule has 5 nitrogen and oxygen atoms in total. The Balaban J connectivity index is 1.81. The average Bonchev–Trinajstić information content (AvgIpc) is 2.60. The third kappa shape index (κ3) is 5.46. The molecule has 1 fully saturated rings. The predicted octanol–water partition coefficient (Wildman–Crippen LogP) is 1.77. The van der Waals surface area contributed by atoms with Crippen LogP contribution >= 0.6 is 0 Å². The highest BCUT2D eigenvalue weighted by molar-refractivity contribution is 5.30. The number of hydrogen-bond donors (Lipinski definition) is 1. The molecule has 1 heterocycles. The van der Waals surface area contributed by atoms with Crippen LogP contribution in [0.15, 0.2) is 24.3 Å². The van der Waals surface area contributed by atoms with E-state index in [-0.39, 0.29) is 0 Å². The van der Waals surface area contributed by atoms with E-state index in [1.807, 2.05) is 19.1 Å². The first-order valence-electron chi connectivity index (χ1n) is 8.50. The van der Waals surface area contributed by atoms with Crippen molar-refractivity contribution in [3.63, 3.8) is 0 Å². The van der Waals surface area contributed by atoms with Gasteiger partial charge in [0.15, 0.2) is 0 Å². The van der Waals surface area contributed by atoms with Crippen molar-refractivity contribution in [2.75, 3.05) is 53.0 Å². The van der Waals surface area contributed by atoms with Crippen LogP contribution < -0.4 is 4.74 Å². The van der Waals surface area contributed by atoms with Gasteiger partial charge in [-0.3, -0.25) is 9.80 Å². The van der Waals surface area contributed by atoms with E-state index in [2.05, 4.69) is 28.9 Å². The monoisotopic (exact) mass is 322 g/mol. The number of nitrogens with zero attached hydrogens (tertiary/aromatic N) is 2. The molecule has 1 aliphatic heterocycles. The van der Waals surface area contributed by atoms with Crippen LogP contribution in [-0.2, 0) is 4.74 Å². The Morgan fingerprint density at radius 3 is 2.61 bits per heavy atom. The van der Waals surface area contributed by atoms with E-state index in [0.29, 0.717) is 25.8 Å². The highest BCUT2D eigenvalue weighted by Gasteiger charge is 2.23. The molecule has 0 unspecified atom stereocenters. The van der Waals surface area contributed by atoms with E-state index in [0.717, 1.165) is 31.9 Å². The van der Waals surface area contributed by atoms with Gasteiger partial charge >= 0.3 is 0 Å². The van der Waals surface area contributed by atoms with E-state index >= 15 is 0 Å². The van der Waals surface area contributed by atoms with Crippen LogP contribution in [0.1, 0.15) is 25.5 Å². The van der Waals surface area contributed by atoms with Gasteiger partial charge in [-0.25, -0.2) is 0 Å². The molecule has 1 saturated heterocycles. The fourth-order valence-corrected chi connectivity index (χ4v) is 3.05. The molecule has 0 aromatic heterocycles. The maximum atomic E-state index is 9.95. The van der Waals surface area contributed by atoms with Crippen molar-refractivity contribution < 1.29 is 14.6 Å². The summed E-state index contributed by atoms with van der Waals surface area (Å²) in [4.78, 5) is 4.80. The van der Waals surface area contributed by atoms with Gasteiger partial charge in [-0.1, -0.05) is 12.1 Å². The summed E-state index contributed by atoms with van der Waals surface area (Å²) in [5, 5.41) is 9.95. The van der Waals surface area contributed by atoms with Crippen LogP contribution in [0.5, 0.6) is 5.75 Å². The molecule has 2 rings (SSSR count). The van der Waals surface area contributed by atoms with Gasteiger partial charge in [0.05, 0.1) is 19.8 Å². The topological polar surface area (TPSA) is 45.2 Å². The summed E-state index contributed by atoms with van der Waals surface area (Å²) in [6.07, 6.45) is -0.391. The summed E-state index contributed by atoms with van der Waals surface area (Å²) in [6.45, 7) is 9.97. The van der Waals surface area contributed by atoms with Crippen molar-refractivity contribution in [3.05, 3.63) is 29.8 Å². The number of rotatable bonds is 8. The number of methoxy groups -OCH3 is 1. The van der Waals surface area contributed by atoms with Gasteiger partial charge in [0.1, 0.15) is 5.75 Å². The summed E-state index contributed by atoms with van der Waals surface area (Å²) >= 11 is 0. The van der Waals surface area contributed by atoms with Crippen LogP contribution in [0, 0.1) is 0 Å². The molecule has 1 aromatic carbocycles. The Morgan fingerprint density at radius 2 is 1.96 bits per heavy atom. The lowest BCUT2D eigenvalue weighted by molar-refractivity contribution is 0.00723. The zero-order valence-corrected chi connectivity index (χ0v) is 14.6.